The van der Waals surface area contributed by atoms with E-state index in [0.29, 0.717) is 9.75 Å². The molecule has 1 aromatic heterocycles. The van der Waals surface area contributed by atoms with E-state index in [1.807, 2.05) is 6.92 Å². The molecule has 106 valence electrons. The fraction of sp³-hybridized carbons (Fsp3) is 0.571. The molecule has 0 radical (unpaired) electrons. The minimum atomic E-state index is -0.403. The molecule has 1 aromatic rings. The summed E-state index contributed by atoms with van der Waals surface area (Å²) in [4.78, 5) is 24.3. The molecule has 0 aliphatic rings. The average Bonchev–Trinajstić information content (AvgIpc) is 2.87. The Balaban J connectivity index is 2.49. The van der Waals surface area contributed by atoms with Crippen molar-refractivity contribution in [2.24, 2.45) is 0 Å². The summed E-state index contributed by atoms with van der Waals surface area (Å²) < 4.78 is 4.62. The van der Waals surface area contributed by atoms with E-state index in [-0.39, 0.29) is 11.9 Å². The van der Waals surface area contributed by atoms with Crippen LogP contribution >= 0.6 is 11.3 Å². The molecular weight excluding hydrogens is 262 g/mol. The first-order chi connectivity index (χ1) is 9.08. The highest BCUT2D eigenvalue weighted by Gasteiger charge is 2.15. The number of nitrogens with one attached hydrogen (secondary N) is 1. The van der Waals surface area contributed by atoms with Gasteiger partial charge in [0.05, 0.1) is 12.0 Å². The summed E-state index contributed by atoms with van der Waals surface area (Å²) in [5.74, 6) is -0.524. The van der Waals surface area contributed by atoms with Crippen molar-refractivity contribution in [1.82, 2.24) is 5.32 Å². The van der Waals surface area contributed by atoms with Crippen LogP contribution in [0.4, 0.5) is 0 Å². The summed E-state index contributed by atoms with van der Waals surface area (Å²) in [7, 11) is 1.33. The second-order valence-corrected chi connectivity index (χ2v) is 5.61. The van der Waals surface area contributed by atoms with E-state index in [9.17, 15) is 9.59 Å². The lowest BCUT2D eigenvalue weighted by Crippen LogP contribution is -2.31. The highest BCUT2D eigenvalue weighted by molar-refractivity contribution is 7.15. The van der Waals surface area contributed by atoms with Gasteiger partial charge in [-0.05, 0) is 25.5 Å². The second-order valence-electron chi connectivity index (χ2n) is 4.53. The zero-order valence-electron chi connectivity index (χ0n) is 11.7. The summed E-state index contributed by atoms with van der Waals surface area (Å²) >= 11 is 1.16. The van der Waals surface area contributed by atoms with Gasteiger partial charge in [0.15, 0.2) is 0 Å². The standard InChI is InChI=1S/C14H21NO3S/c1-4-5-6-7-10(2)15-13(16)11-8-9-12(19-11)14(17)18-3/h8-10H,4-7H2,1-3H3,(H,15,16). The molecule has 0 saturated carbocycles. The van der Waals surface area contributed by atoms with Gasteiger partial charge in [-0.15, -0.1) is 11.3 Å². The summed E-state index contributed by atoms with van der Waals surface area (Å²) in [6.07, 6.45) is 4.46. The van der Waals surface area contributed by atoms with Gasteiger partial charge in [-0.2, -0.15) is 0 Å². The van der Waals surface area contributed by atoms with Crippen molar-refractivity contribution in [3.8, 4) is 0 Å². The number of unbranched alkanes of at least 4 members (excludes halogenated alkanes) is 2. The van der Waals surface area contributed by atoms with Gasteiger partial charge in [-0.25, -0.2) is 4.79 Å². The molecule has 0 bridgehead atoms. The molecule has 0 aliphatic heterocycles. The van der Waals surface area contributed by atoms with E-state index >= 15 is 0 Å². The van der Waals surface area contributed by atoms with Crippen molar-refractivity contribution in [2.75, 3.05) is 7.11 Å². The van der Waals surface area contributed by atoms with Crippen LogP contribution in [0.3, 0.4) is 0 Å². The van der Waals surface area contributed by atoms with E-state index in [0.717, 1.165) is 24.2 Å². The minimum absolute atomic E-state index is 0.121. The minimum Gasteiger partial charge on any atom is -0.465 e. The van der Waals surface area contributed by atoms with Crippen molar-refractivity contribution in [2.45, 2.75) is 45.6 Å². The van der Waals surface area contributed by atoms with Crippen LogP contribution in [0.5, 0.6) is 0 Å². The molecule has 1 amide bonds. The number of carbonyl (C=O) groups is 2. The number of carbonyl (C=O) groups excluding carboxylic acids is 2. The Morgan fingerprint density at radius 2 is 2.00 bits per heavy atom. The normalized spacial score (nSPS) is 11.9. The van der Waals surface area contributed by atoms with Gasteiger partial charge >= 0.3 is 5.97 Å². The van der Waals surface area contributed by atoms with Crippen LogP contribution in [0.2, 0.25) is 0 Å². The molecule has 1 N–H and O–H groups in total. The van der Waals surface area contributed by atoms with Gasteiger partial charge in [-0.3, -0.25) is 4.79 Å². The van der Waals surface area contributed by atoms with Gasteiger partial charge < -0.3 is 10.1 Å². The Hall–Kier alpha value is -1.36. The van der Waals surface area contributed by atoms with Crippen LogP contribution in [0.1, 0.15) is 58.9 Å². The first kappa shape index (κ1) is 15.7. The molecule has 1 rings (SSSR count). The molecule has 5 heteroatoms. The van der Waals surface area contributed by atoms with E-state index in [2.05, 4.69) is 17.0 Å². The van der Waals surface area contributed by atoms with Crippen molar-refractivity contribution in [3.63, 3.8) is 0 Å². The molecule has 0 fully saturated rings. The maximum Gasteiger partial charge on any atom is 0.348 e. The monoisotopic (exact) mass is 283 g/mol. The number of amides is 1. The molecular formula is C14H21NO3S. The van der Waals surface area contributed by atoms with E-state index in [4.69, 9.17) is 0 Å². The molecule has 1 heterocycles. The van der Waals surface area contributed by atoms with Crippen LogP contribution in [0.25, 0.3) is 0 Å². The summed E-state index contributed by atoms with van der Waals surface area (Å²) in [5.41, 5.74) is 0. The van der Waals surface area contributed by atoms with Crippen LogP contribution < -0.4 is 5.32 Å². The van der Waals surface area contributed by atoms with Gasteiger partial charge in [0.25, 0.3) is 5.91 Å². The number of hydrogen-bond donors (Lipinski definition) is 1. The molecule has 0 saturated heterocycles. The van der Waals surface area contributed by atoms with Gasteiger partial charge in [0, 0.05) is 6.04 Å². The van der Waals surface area contributed by atoms with Gasteiger partial charge in [-0.1, -0.05) is 26.2 Å². The van der Waals surface area contributed by atoms with E-state index < -0.39 is 5.97 Å². The Morgan fingerprint density at radius 3 is 2.63 bits per heavy atom. The van der Waals surface area contributed by atoms with Gasteiger partial charge in [0.1, 0.15) is 4.88 Å². The number of esters is 1. The maximum absolute atomic E-state index is 12.0. The molecule has 0 aliphatic carbocycles. The average molecular weight is 283 g/mol. The fourth-order valence-electron chi connectivity index (χ4n) is 1.74. The number of rotatable bonds is 7. The second kappa shape index (κ2) is 7.94. The Kier molecular flexibility index (Phi) is 6.56. The predicted octanol–water partition coefficient (Wildman–Crippen LogP) is 3.23. The SMILES string of the molecule is CCCCCC(C)NC(=O)c1ccc(C(=O)OC)s1. The Morgan fingerprint density at radius 1 is 1.32 bits per heavy atom. The zero-order valence-corrected chi connectivity index (χ0v) is 12.5. The summed E-state index contributed by atoms with van der Waals surface area (Å²) in [6, 6.07) is 3.43. The van der Waals surface area contributed by atoms with E-state index in [1.54, 1.807) is 12.1 Å². The van der Waals surface area contributed by atoms with Crippen LogP contribution in [-0.4, -0.2) is 25.0 Å². The Bertz CT molecular complexity index is 428. The number of hydrogen-bond acceptors (Lipinski definition) is 4. The quantitative estimate of drug-likeness (QED) is 0.617. The third-order valence-electron chi connectivity index (χ3n) is 2.83. The zero-order chi connectivity index (χ0) is 14.3. The molecule has 1 atom stereocenters. The predicted molar refractivity (Wildman–Crippen MR) is 76.7 cm³/mol. The lowest BCUT2D eigenvalue weighted by atomic mass is 10.1. The lowest BCUT2D eigenvalue weighted by molar-refractivity contribution is 0.0606. The first-order valence-electron chi connectivity index (χ1n) is 6.57. The number of thiophene rings is 1. The number of methoxy groups -OCH3 is 1. The molecule has 4 nitrogen and oxygen atoms in total. The highest BCUT2D eigenvalue weighted by Crippen LogP contribution is 2.17. The Labute approximate surface area is 118 Å². The van der Waals surface area contributed by atoms with Crippen molar-refractivity contribution < 1.29 is 14.3 Å². The van der Waals surface area contributed by atoms with Gasteiger partial charge in [0.2, 0.25) is 0 Å². The summed E-state index contributed by atoms with van der Waals surface area (Å²) in [5, 5.41) is 2.94. The smallest absolute Gasteiger partial charge is 0.348 e. The first-order valence-corrected chi connectivity index (χ1v) is 7.39. The summed E-state index contributed by atoms with van der Waals surface area (Å²) in [6.45, 7) is 4.16. The van der Waals surface area contributed by atoms with Crippen LogP contribution in [-0.2, 0) is 4.74 Å². The third-order valence-corrected chi connectivity index (χ3v) is 3.90. The molecule has 0 aromatic carbocycles. The van der Waals surface area contributed by atoms with Crippen molar-refractivity contribution >= 4 is 23.2 Å². The highest BCUT2D eigenvalue weighted by atomic mass is 32.1. The molecule has 1 unspecified atom stereocenters. The van der Waals surface area contributed by atoms with E-state index in [1.165, 1.54) is 20.0 Å². The largest absolute Gasteiger partial charge is 0.465 e. The molecule has 19 heavy (non-hydrogen) atoms. The topological polar surface area (TPSA) is 55.4 Å². The lowest BCUT2D eigenvalue weighted by Gasteiger charge is -2.12. The third kappa shape index (κ3) is 5.03. The fourth-order valence-corrected chi connectivity index (χ4v) is 2.57. The maximum atomic E-state index is 12.0. The van der Waals surface area contributed by atoms with Crippen molar-refractivity contribution in [1.29, 1.82) is 0 Å². The number of ether oxygens (including phenoxy) is 1. The van der Waals surface area contributed by atoms with Crippen LogP contribution in [0, 0.1) is 0 Å². The molecule has 0 spiro atoms. The van der Waals surface area contributed by atoms with Crippen molar-refractivity contribution in [3.05, 3.63) is 21.9 Å². The van der Waals surface area contributed by atoms with Crippen LogP contribution in [0.15, 0.2) is 12.1 Å².